The highest BCUT2D eigenvalue weighted by atomic mass is 14.9. The maximum absolute atomic E-state index is 8.92. The number of benzene rings is 1. The number of rotatable bonds is 3. The molecule has 0 fully saturated rings. The number of H-pyrrole nitrogens is 1. The fourth-order valence-corrected chi connectivity index (χ4v) is 2.46. The van der Waals surface area contributed by atoms with Gasteiger partial charge >= 0.3 is 0 Å². The summed E-state index contributed by atoms with van der Waals surface area (Å²) >= 11 is 0. The molecule has 3 nitrogen and oxygen atoms in total. The first kappa shape index (κ1) is 12.4. The Labute approximate surface area is 107 Å². The van der Waals surface area contributed by atoms with Gasteiger partial charge in [0.15, 0.2) is 5.69 Å². The van der Waals surface area contributed by atoms with E-state index in [9.17, 15) is 0 Å². The molecule has 92 valence electrons. The van der Waals surface area contributed by atoms with E-state index >= 15 is 0 Å². The van der Waals surface area contributed by atoms with E-state index in [-0.39, 0.29) is 0 Å². The van der Waals surface area contributed by atoms with Gasteiger partial charge in [-0.1, -0.05) is 17.7 Å². The maximum Gasteiger partial charge on any atom is 0.161 e. The third kappa shape index (κ3) is 2.43. The summed E-state index contributed by atoms with van der Waals surface area (Å²) in [7, 11) is 0. The third-order valence-corrected chi connectivity index (χ3v) is 3.29. The largest absolute Gasteiger partial charge is 0.347 e. The Morgan fingerprint density at radius 2 is 1.83 bits per heavy atom. The highest BCUT2D eigenvalue weighted by Crippen LogP contribution is 2.18. The Hall–Kier alpha value is -2.08. The van der Waals surface area contributed by atoms with E-state index in [1.54, 1.807) is 6.33 Å². The molecule has 3 heteroatoms. The van der Waals surface area contributed by atoms with Crippen LogP contribution in [0.25, 0.3) is 0 Å². The monoisotopic (exact) mass is 239 g/mol. The minimum absolute atomic E-state index is 0.511. The number of nitrogens with zero attached hydrogens (tertiary/aromatic N) is 2. The Morgan fingerprint density at radius 3 is 2.44 bits per heavy atom. The van der Waals surface area contributed by atoms with Crippen molar-refractivity contribution in [3.8, 4) is 6.07 Å². The molecule has 18 heavy (non-hydrogen) atoms. The molecule has 1 aromatic carbocycles. The molecule has 0 bridgehead atoms. The van der Waals surface area contributed by atoms with E-state index in [2.05, 4.69) is 48.9 Å². The van der Waals surface area contributed by atoms with Crippen molar-refractivity contribution in [1.82, 2.24) is 9.97 Å². The van der Waals surface area contributed by atoms with E-state index in [0.29, 0.717) is 5.69 Å². The van der Waals surface area contributed by atoms with Crippen molar-refractivity contribution >= 4 is 0 Å². The number of aromatic amines is 1. The van der Waals surface area contributed by atoms with Crippen LogP contribution in [-0.2, 0) is 12.8 Å². The molecule has 0 unspecified atom stereocenters. The van der Waals surface area contributed by atoms with Gasteiger partial charge in [0.25, 0.3) is 0 Å². The van der Waals surface area contributed by atoms with Gasteiger partial charge in [0.2, 0.25) is 0 Å². The number of hydrogen-bond acceptors (Lipinski definition) is 2. The SMILES string of the molecule is Cc1cc(C)c(CCc2[nH]cnc2C#N)c(C)c1. The number of nitriles is 1. The molecule has 0 radical (unpaired) electrons. The van der Waals surface area contributed by atoms with E-state index in [4.69, 9.17) is 5.26 Å². The normalized spacial score (nSPS) is 10.3. The zero-order valence-electron chi connectivity index (χ0n) is 11.0. The minimum atomic E-state index is 0.511. The van der Waals surface area contributed by atoms with E-state index in [0.717, 1.165) is 18.5 Å². The van der Waals surface area contributed by atoms with Crippen molar-refractivity contribution in [2.75, 3.05) is 0 Å². The second kappa shape index (κ2) is 5.05. The average molecular weight is 239 g/mol. The standard InChI is InChI=1S/C15H17N3/c1-10-6-11(2)13(12(3)7-10)4-5-14-15(8-16)18-9-17-14/h6-7,9H,4-5H2,1-3H3,(H,17,18). The first-order chi connectivity index (χ1) is 8.61. The quantitative estimate of drug-likeness (QED) is 0.895. The molecular formula is C15H17N3. The number of hydrogen-bond donors (Lipinski definition) is 1. The summed E-state index contributed by atoms with van der Waals surface area (Å²) in [6, 6.07) is 6.53. The van der Waals surface area contributed by atoms with Gasteiger partial charge in [0.05, 0.1) is 12.0 Å². The number of aryl methyl sites for hydroxylation is 4. The van der Waals surface area contributed by atoms with Crippen LogP contribution in [0.2, 0.25) is 0 Å². The van der Waals surface area contributed by atoms with Crippen molar-refractivity contribution in [3.05, 3.63) is 52.1 Å². The minimum Gasteiger partial charge on any atom is -0.347 e. The van der Waals surface area contributed by atoms with Crippen molar-refractivity contribution in [2.45, 2.75) is 33.6 Å². The summed E-state index contributed by atoms with van der Waals surface area (Å²) in [5, 5.41) is 8.92. The van der Waals surface area contributed by atoms with E-state index in [1.165, 1.54) is 22.3 Å². The third-order valence-electron chi connectivity index (χ3n) is 3.29. The number of aromatic nitrogens is 2. The molecule has 2 rings (SSSR count). The van der Waals surface area contributed by atoms with Crippen LogP contribution in [0.15, 0.2) is 18.5 Å². The summed E-state index contributed by atoms with van der Waals surface area (Å²) in [6.45, 7) is 6.41. The van der Waals surface area contributed by atoms with Crippen LogP contribution in [0.3, 0.4) is 0 Å². The first-order valence-corrected chi connectivity index (χ1v) is 6.11. The highest BCUT2D eigenvalue weighted by molar-refractivity contribution is 5.38. The van der Waals surface area contributed by atoms with Gasteiger partial charge in [0, 0.05) is 0 Å². The van der Waals surface area contributed by atoms with Crippen LogP contribution in [-0.4, -0.2) is 9.97 Å². The topological polar surface area (TPSA) is 52.5 Å². The van der Waals surface area contributed by atoms with Gasteiger partial charge < -0.3 is 4.98 Å². The highest BCUT2D eigenvalue weighted by Gasteiger charge is 2.08. The molecule has 0 aliphatic rings. The predicted octanol–water partition coefficient (Wildman–Crippen LogP) is 2.99. The van der Waals surface area contributed by atoms with Gasteiger partial charge in [-0.25, -0.2) is 4.98 Å². The lowest BCUT2D eigenvalue weighted by Gasteiger charge is -2.10. The molecule has 0 atom stereocenters. The molecule has 1 aromatic heterocycles. The lowest BCUT2D eigenvalue weighted by Crippen LogP contribution is -1.99. The van der Waals surface area contributed by atoms with Crippen LogP contribution in [0.1, 0.15) is 33.6 Å². The second-order valence-electron chi connectivity index (χ2n) is 4.72. The average Bonchev–Trinajstić information content (AvgIpc) is 2.75. The maximum atomic E-state index is 8.92. The number of imidazole rings is 1. The predicted molar refractivity (Wildman–Crippen MR) is 71.4 cm³/mol. The Balaban J connectivity index is 2.19. The van der Waals surface area contributed by atoms with Gasteiger partial charge in [-0.2, -0.15) is 5.26 Å². The summed E-state index contributed by atoms with van der Waals surface area (Å²) < 4.78 is 0. The molecule has 0 aliphatic heterocycles. The molecular weight excluding hydrogens is 222 g/mol. The van der Waals surface area contributed by atoms with Gasteiger partial charge in [-0.3, -0.25) is 0 Å². The van der Waals surface area contributed by atoms with Crippen molar-refractivity contribution in [2.24, 2.45) is 0 Å². The van der Waals surface area contributed by atoms with Crippen LogP contribution in [0, 0.1) is 32.1 Å². The zero-order valence-corrected chi connectivity index (χ0v) is 11.0. The van der Waals surface area contributed by atoms with Crippen LogP contribution in [0.5, 0.6) is 0 Å². The van der Waals surface area contributed by atoms with Crippen LogP contribution < -0.4 is 0 Å². The van der Waals surface area contributed by atoms with Crippen LogP contribution in [0.4, 0.5) is 0 Å². The molecule has 0 aliphatic carbocycles. The first-order valence-electron chi connectivity index (χ1n) is 6.11. The second-order valence-corrected chi connectivity index (χ2v) is 4.72. The molecule has 1 N–H and O–H groups in total. The van der Waals surface area contributed by atoms with E-state index < -0.39 is 0 Å². The lowest BCUT2D eigenvalue weighted by atomic mass is 9.95. The van der Waals surface area contributed by atoms with Gasteiger partial charge in [0.1, 0.15) is 6.07 Å². The fourth-order valence-electron chi connectivity index (χ4n) is 2.46. The smallest absolute Gasteiger partial charge is 0.161 e. The summed E-state index contributed by atoms with van der Waals surface area (Å²) in [5.74, 6) is 0. The van der Waals surface area contributed by atoms with Crippen molar-refractivity contribution in [1.29, 1.82) is 5.26 Å². The molecule has 0 saturated carbocycles. The molecule has 0 spiro atoms. The van der Waals surface area contributed by atoms with Gasteiger partial charge in [-0.05, 0) is 50.3 Å². The lowest BCUT2D eigenvalue weighted by molar-refractivity contribution is 0.903. The Kier molecular flexibility index (Phi) is 3.47. The zero-order chi connectivity index (χ0) is 13.1. The molecule has 1 heterocycles. The number of nitrogens with one attached hydrogen (secondary N) is 1. The summed E-state index contributed by atoms with van der Waals surface area (Å²) in [5.41, 5.74) is 6.76. The molecule has 0 saturated heterocycles. The summed E-state index contributed by atoms with van der Waals surface area (Å²) in [6.07, 6.45) is 3.35. The van der Waals surface area contributed by atoms with Crippen LogP contribution >= 0.6 is 0 Å². The Morgan fingerprint density at radius 1 is 1.17 bits per heavy atom. The van der Waals surface area contributed by atoms with Crippen molar-refractivity contribution in [3.63, 3.8) is 0 Å². The Bertz CT molecular complexity index is 579. The fraction of sp³-hybridized carbons (Fsp3) is 0.333. The van der Waals surface area contributed by atoms with Crippen molar-refractivity contribution < 1.29 is 0 Å². The molecule has 0 amide bonds. The molecule has 2 aromatic rings. The summed E-state index contributed by atoms with van der Waals surface area (Å²) in [4.78, 5) is 7.03. The van der Waals surface area contributed by atoms with Gasteiger partial charge in [-0.15, -0.1) is 0 Å². The van der Waals surface area contributed by atoms with E-state index in [1.807, 2.05) is 0 Å².